The Morgan fingerprint density at radius 2 is 2.16 bits per heavy atom. The van der Waals surface area contributed by atoms with Gasteiger partial charge in [0.2, 0.25) is 0 Å². The van der Waals surface area contributed by atoms with Gasteiger partial charge in [-0.3, -0.25) is 4.68 Å². The van der Waals surface area contributed by atoms with Crippen molar-refractivity contribution in [2.45, 2.75) is 65.5 Å². The van der Waals surface area contributed by atoms with Gasteiger partial charge in [-0.1, -0.05) is 39.3 Å². The number of hydrogen-bond donors (Lipinski definition) is 1. The zero-order valence-electron chi connectivity index (χ0n) is 12.4. The van der Waals surface area contributed by atoms with Crippen LogP contribution in [0.3, 0.4) is 0 Å². The lowest BCUT2D eigenvalue weighted by Crippen LogP contribution is -2.43. The first kappa shape index (κ1) is 14.9. The summed E-state index contributed by atoms with van der Waals surface area (Å²) in [5.74, 6) is 0.195. The number of nitrogens with zero attached hydrogens (tertiary/aromatic N) is 2. The van der Waals surface area contributed by atoms with Crippen LogP contribution in [-0.2, 0) is 12.1 Å². The summed E-state index contributed by atoms with van der Waals surface area (Å²) in [6.07, 6.45) is 5.44. The van der Waals surface area contributed by atoms with E-state index >= 15 is 0 Å². The first-order chi connectivity index (χ1) is 8.80. The first-order valence-electron chi connectivity index (χ1n) is 7.24. The number of hydrogen-bond acceptors (Lipinski definition) is 2. The lowest BCUT2D eigenvalue weighted by Gasteiger charge is -2.45. The predicted molar refractivity (Wildman–Crippen MR) is 78.2 cm³/mol. The van der Waals surface area contributed by atoms with Gasteiger partial charge in [-0.2, -0.15) is 5.10 Å². The molecule has 19 heavy (non-hydrogen) atoms. The number of halogens is 1. The lowest BCUT2D eigenvalue weighted by molar-refractivity contribution is -0.0828. The van der Waals surface area contributed by atoms with Crippen LogP contribution in [0.1, 0.15) is 59.1 Å². The maximum Gasteiger partial charge on any atom is 0.110 e. The van der Waals surface area contributed by atoms with Crippen LogP contribution in [0.25, 0.3) is 0 Å². The Labute approximate surface area is 121 Å². The van der Waals surface area contributed by atoms with Crippen molar-refractivity contribution in [3.8, 4) is 0 Å². The highest BCUT2D eigenvalue weighted by atomic mass is 35.5. The molecule has 108 valence electrons. The van der Waals surface area contributed by atoms with Crippen molar-refractivity contribution < 1.29 is 5.11 Å². The molecule has 3 nitrogen and oxygen atoms in total. The second-order valence-corrected chi connectivity index (χ2v) is 7.17. The molecule has 0 saturated heterocycles. The number of aryl methyl sites for hydroxylation is 1. The van der Waals surface area contributed by atoms with Crippen LogP contribution in [0.5, 0.6) is 0 Å². The van der Waals surface area contributed by atoms with Crippen molar-refractivity contribution in [3.05, 3.63) is 16.9 Å². The van der Waals surface area contributed by atoms with Gasteiger partial charge >= 0.3 is 0 Å². The Balaban J connectivity index is 2.37. The minimum absolute atomic E-state index is 0.195. The largest absolute Gasteiger partial charge is 0.383 e. The van der Waals surface area contributed by atoms with Crippen molar-refractivity contribution in [2.24, 2.45) is 11.3 Å². The predicted octanol–water partition coefficient (Wildman–Crippen LogP) is 3.98. The summed E-state index contributed by atoms with van der Waals surface area (Å²) in [6, 6.07) is 0. The normalized spacial score (nSPS) is 30.5. The maximum absolute atomic E-state index is 11.2. The van der Waals surface area contributed by atoms with Gasteiger partial charge in [0, 0.05) is 6.54 Å². The van der Waals surface area contributed by atoms with Crippen molar-refractivity contribution >= 4 is 11.6 Å². The highest BCUT2D eigenvalue weighted by Crippen LogP contribution is 2.50. The van der Waals surface area contributed by atoms with Crippen LogP contribution in [0.4, 0.5) is 0 Å². The Bertz CT molecular complexity index is 455. The second-order valence-electron chi connectivity index (χ2n) is 6.76. The van der Waals surface area contributed by atoms with E-state index in [1.807, 2.05) is 4.68 Å². The van der Waals surface area contributed by atoms with Gasteiger partial charge in [-0.25, -0.2) is 0 Å². The van der Waals surface area contributed by atoms with E-state index in [0.29, 0.717) is 10.4 Å². The Hall–Kier alpha value is -0.540. The second kappa shape index (κ2) is 5.10. The molecule has 0 aliphatic heterocycles. The fourth-order valence-corrected chi connectivity index (χ4v) is 3.71. The SMILES string of the molecule is CCCn1ncc(Cl)c1C1(O)CCC(C)(C)CC1C. The highest BCUT2D eigenvalue weighted by molar-refractivity contribution is 6.31. The molecule has 1 aliphatic carbocycles. The van der Waals surface area contributed by atoms with E-state index in [2.05, 4.69) is 32.8 Å². The third-order valence-corrected chi connectivity index (χ3v) is 4.77. The van der Waals surface area contributed by atoms with E-state index < -0.39 is 5.60 Å². The molecule has 0 radical (unpaired) electrons. The third-order valence-electron chi connectivity index (χ3n) is 4.50. The molecule has 4 heteroatoms. The minimum atomic E-state index is -0.835. The fourth-order valence-electron chi connectivity index (χ4n) is 3.40. The van der Waals surface area contributed by atoms with E-state index in [-0.39, 0.29) is 5.92 Å². The number of aliphatic hydroxyl groups is 1. The summed E-state index contributed by atoms with van der Waals surface area (Å²) >= 11 is 6.30. The van der Waals surface area contributed by atoms with Crippen LogP contribution in [0.15, 0.2) is 6.20 Å². The van der Waals surface area contributed by atoms with Crippen molar-refractivity contribution in [3.63, 3.8) is 0 Å². The van der Waals surface area contributed by atoms with Crippen LogP contribution in [0.2, 0.25) is 5.02 Å². The van der Waals surface area contributed by atoms with Crippen LogP contribution < -0.4 is 0 Å². The van der Waals surface area contributed by atoms with Crippen molar-refractivity contribution in [1.82, 2.24) is 9.78 Å². The summed E-state index contributed by atoms with van der Waals surface area (Å²) in [4.78, 5) is 0. The molecule has 1 heterocycles. The molecule has 0 bridgehead atoms. The van der Waals surface area contributed by atoms with Gasteiger partial charge in [0.25, 0.3) is 0 Å². The van der Waals surface area contributed by atoms with Crippen molar-refractivity contribution in [1.29, 1.82) is 0 Å². The molecule has 1 saturated carbocycles. The average molecular weight is 285 g/mol. The summed E-state index contributed by atoms with van der Waals surface area (Å²) in [7, 11) is 0. The topological polar surface area (TPSA) is 38.0 Å². The maximum atomic E-state index is 11.2. The van der Waals surface area contributed by atoms with Gasteiger partial charge in [0.05, 0.1) is 16.9 Å². The van der Waals surface area contributed by atoms with Gasteiger partial charge in [0.15, 0.2) is 0 Å². The number of aromatic nitrogens is 2. The molecule has 2 atom stereocenters. The highest BCUT2D eigenvalue weighted by Gasteiger charge is 2.46. The van der Waals surface area contributed by atoms with Gasteiger partial charge in [-0.05, 0) is 37.0 Å². The van der Waals surface area contributed by atoms with E-state index in [0.717, 1.165) is 37.9 Å². The zero-order chi connectivity index (χ0) is 14.3. The molecular formula is C15H25ClN2O. The Kier molecular flexibility index (Phi) is 3.99. The summed E-state index contributed by atoms with van der Waals surface area (Å²) < 4.78 is 1.89. The monoisotopic (exact) mass is 284 g/mol. The molecule has 0 spiro atoms. The summed E-state index contributed by atoms with van der Waals surface area (Å²) in [5, 5.41) is 16.1. The van der Waals surface area contributed by atoms with Gasteiger partial charge in [0.1, 0.15) is 5.60 Å². The quantitative estimate of drug-likeness (QED) is 0.912. The molecule has 1 aromatic heterocycles. The molecule has 1 aromatic rings. The van der Waals surface area contributed by atoms with Gasteiger partial charge in [-0.15, -0.1) is 0 Å². The minimum Gasteiger partial charge on any atom is -0.383 e. The molecule has 0 aromatic carbocycles. The molecule has 1 N–H and O–H groups in total. The van der Waals surface area contributed by atoms with E-state index in [1.54, 1.807) is 6.20 Å². The van der Waals surface area contributed by atoms with Crippen molar-refractivity contribution in [2.75, 3.05) is 0 Å². The molecular weight excluding hydrogens is 260 g/mol. The lowest BCUT2D eigenvalue weighted by atomic mass is 9.64. The molecule has 1 aliphatic rings. The zero-order valence-corrected chi connectivity index (χ0v) is 13.2. The summed E-state index contributed by atoms with van der Waals surface area (Å²) in [6.45, 7) is 9.58. The van der Waals surface area contributed by atoms with Crippen LogP contribution >= 0.6 is 11.6 Å². The molecule has 1 fully saturated rings. The van der Waals surface area contributed by atoms with Gasteiger partial charge < -0.3 is 5.11 Å². The third kappa shape index (κ3) is 2.68. The number of rotatable bonds is 3. The molecule has 0 amide bonds. The standard InChI is InChI=1S/C15H25ClN2O/c1-5-8-18-13(12(16)10-17-18)15(19)7-6-14(3,4)9-11(15)2/h10-11,19H,5-9H2,1-4H3. The average Bonchev–Trinajstić information content (AvgIpc) is 2.67. The van der Waals surface area contributed by atoms with Crippen LogP contribution in [0, 0.1) is 11.3 Å². The van der Waals surface area contributed by atoms with E-state index in [4.69, 9.17) is 11.6 Å². The Morgan fingerprint density at radius 1 is 1.47 bits per heavy atom. The molecule has 2 rings (SSSR count). The fraction of sp³-hybridized carbons (Fsp3) is 0.800. The van der Waals surface area contributed by atoms with Crippen LogP contribution in [-0.4, -0.2) is 14.9 Å². The first-order valence-corrected chi connectivity index (χ1v) is 7.62. The molecule has 2 unspecified atom stereocenters. The smallest absolute Gasteiger partial charge is 0.110 e. The Morgan fingerprint density at radius 3 is 2.74 bits per heavy atom. The summed E-state index contributed by atoms with van der Waals surface area (Å²) in [5.41, 5.74) is 0.283. The van der Waals surface area contributed by atoms with E-state index in [9.17, 15) is 5.11 Å². The van der Waals surface area contributed by atoms with E-state index in [1.165, 1.54) is 0 Å².